The van der Waals surface area contributed by atoms with Gasteiger partial charge in [-0.1, -0.05) is 17.7 Å². The molecule has 0 radical (unpaired) electrons. The van der Waals surface area contributed by atoms with Crippen LogP contribution in [0.3, 0.4) is 0 Å². The maximum atomic E-state index is 5.95. The second kappa shape index (κ2) is 5.35. The van der Waals surface area contributed by atoms with E-state index in [0.29, 0.717) is 12.6 Å². The first-order chi connectivity index (χ1) is 6.61. The zero-order valence-corrected chi connectivity index (χ0v) is 9.43. The fourth-order valence-electron chi connectivity index (χ4n) is 1.29. The van der Waals surface area contributed by atoms with Gasteiger partial charge in [-0.15, -0.1) is 0 Å². The summed E-state index contributed by atoms with van der Waals surface area (Å²) in [5.41, 5.74) is 7.90. The molecule has 0 aliphatic rings. The van der Waals surface area contributed by atoms with Crippen LogP contribution in [0.1, 0.15) is 18.1 Å². The van der Waals surface area contributed by atoms with E-state index in [-0.39, 0.29) is 0 Å². The monoisotopic (exact) mass is 212 g/mol. The highest BCUT2D eigenvalue weighted by Gasteiger charge is 2.00. The number of aryl methyl sites for hydroxylation is 1. The van der Waals surface area contributed by atoms with Crippen molar-refractivity contribution >= 4 is 11.6 Å². The molecular weight excluding hydrogens is 196 g/mol. The Bertz CT molecular complexity index is 279. The molecule has 1 atom stereocenters. The average Bonchev–Trinajstić information content (AvgIpc) is 2.12. The second-order valence-corrected chi connectivity index (χ2v) is 4.09. The van der Waals surface area contributed by atoms with Crippen LogP contribution in [0.4, 0.5) is 0 Å². The standard InChI is InChI=1S/C11H17ClN2/c1-8-3-10(5-11(12)4-8)7-14-9(2)6-13/h3-5,9,14H,6-7,13H2,1-2H3/t9-/m1/s1. The Morgan fingerprint density at radius 3 is 2.71 bits per heavy atom. The van der Waals surface area contributed by atoms with Crippen molar-refractivity contribution in [1.82, 2.24) is 5.32 Å². The maximum absolute atomic E-state index is 5.95. The predicted octanol–water partition coefficient (Wildman–Crippen LogP) is 2.09. The molecule has 1 aromatic carbocycles. The third-order valence-electron chi connectivity index (χ3n) is 2.11. The van der Waals surface area contributed by atoms with Crippen LogP contribution in [0.5, 0.6) is 0 Å². The fraction of sp³-hybridized carbons (Fsp3) is 0.455. The Morgan fingerprint density at radius 2 is 2.14 bits per heavy atom. The van der Waals surface area contributed by atoms with Gasteiger partial charge >= 0.3 is 0 Å². The largest absolute Gasteiger partial charge is 0.329 e. The van der Waals surface area contributed by atoms with Gasteiger partial charge in [0.25, 0.3) is 0 Å². The molecule has 0 aliphatic heterocycles. The number of halogens is 1. The lowest BCUT2D eigenvalue weighted by Crippen LogP contribution is -2.32. The lowest BCUT2D eigenvalue weighted by Gasteiger charge is -2.11. The van der Waals surface area contributed by atoms with Gasteiger partial charge < -0.3 is 11.1 Å². The smallest absolute Gasteiger partial charge is 0.0411 e. The molecule has 3 heteroatoms. The number of benzene rings is 1. The number of nitrogens with one attached hydrogen (secondary N) is 1. The van der Waals surface area contributed by atoms with Gasteiger partial charge in [0.1, 0.15) is 0 Å². The minimum atomic E-state index is 0.342. The summed E-state index contributed by atoms with van der Waals surface area (Å²) >= 11 is 5.95. The summed E-state index contributed by atoms with van der Waals surface area (Å²) in [6, 6.07) is 6.40. The Morgan fingerprint density at radius 1 is 1.43 bits per heavy atom. The van der Waals surface area contributed by atoms with Crippen LogP contribution >= 0.6 is 11.6 Å². The summed E-state index contributed by atoms with van der Waals surface area (Å²) in [5, 5.41) is 4.11. The Labute approximate surface area is 90.4 Å². The third-order valence-corrected chi connectivity index (χ3v) is 2.33. The van der Waals surface area contributed by atoms with Crippen LogP contribution in [0.15, 0.2) is 18.2 Å². The Hall–Kier alpha value is -0.570. The number of hydrogen-bond acceptors (Lipinski definition) is 2. The number of nitrogens with two attached hydrogens (primary N) is 1. The zero-order valence-electron chi connectivity index (χ0n) is 8.68. The minimum Gasteiger partial charge on any atom is -0.329 e. The van der Waals surface area contributed by atoms with Crippen molar-refractivity contribution in [2.45, 2.75) is 26.4 Å². The van der Waals surface area contributed by atoms with E-state index in [0.717, 1.165) is 11.6 Å². The Balaban J connectivity index is 2.58. The first-order valence-electron chi connectivity index (χ1n) is 4.81. The molecule has 0 saturated heterocycles. The summed E-state index contributed by atoms with van der Waals surface area (Å²) in [6.07, 6.45) is 0. The molecule has 0 unspecified atom stereocenters. The van der Waals surface area contributed by atoms with Crippen LogP contribution in [0, 0.1) is 6.92 Å². The van der Waals surface area contributed by atoms with Crippen molar-refractivity contribution in [2.75, 3.05) is 6.54 Å². The summed E-state index contributed by atoms with van der Waals surface area (Å²) in [6.45, 7) is 5.58. The summed E-state index contributed by atoms with van der Waals surface area (Å²) in [4.78, 5) is 0. The molecule has 0 amide bonds. The van der Waals surface area contributed by atoms with Crippen LogP contribution in [0.25, 0.3) is 0 Å². The lowest BCUT2D eigenvalue weighted by molar-refractivity contribution is 0.556. The predicted molar refractivity (Wildman–Crippen MR) is 61.5 cm³/mol. The van der Waals surface area contributed by atoms with E-state index < -0.39 is 0 Å². The van der Waals surface area contributed by atoms with Crippen molar-refractivity contribution in [3.8, 4) is 0 Å². The maximum Gasteiger partial charge on any atom is 0.0411 e. The molecule has 3 N–H and O–H groups in total. The van der Waals surface area contributed by atoms with Crippen molar-refractivity contribution in [3.63, 3.8) is 0 Å². The average molecular weight is 213 g/mol. The topological polar surface area (TPSA) is 38.0 Å². The van der Waals surface area contributed by atoms with E-state index in [4.69, 9.17) is 17.3 Å². The van der Waals surface area contributed by atoms with Crippen LogP contribution in [-0.2, 0) is 6.54 Å². The van der Waals surface area contributed by atoms with E-state index in [9.17, 15) is 0 Å². The summed E-state index contributed by atoms with van der Waals surface area (Å²) in [5.74, 6) is 0. The Kier molecular flexibility index (Phi) is 4.39. The molecule has 14 heavy (non-hydrogen) atoms. The second-order valence-electron chi connectivity index (χ2n) is 3.65. The molecule has 0 aliphatic carbocycles. The van der Waals surface area contributed by atoms with E-state index in [1.807, 2.05) is 19.1 Å². The highest BCUT2D eigenvalue weighted by atomic mass is 35.5. The molecule has 78 valence electrons. The fourth-order valence-corrected chi connectivity index (χ4v) is 1.60. The number of hydrogen-bond donors (Lipinski definition) is 2. The van der Waals surface area contributed by atoms with Crippen LogP contribution < -0.4 is 11.1 Å². The highest BCUT2D eigenvalue weighted by molar-refractivity contribution is 6.30. The van der Waals surface area contributed by atoms with Gasteiger partial charge in [0.05, 0.1) is 0 Å². The van der Waals surface area contributed by atoms with E-state index in [2.05, 4.69) is 18.3 Å². The first kappa shape index (κ1) is 11.5. The minimum absolute atomic E-state index is 0.342. The van der Waals surface area contributed by atoms with Gasteiger partial charge in [-0.25, -0.2) is 0 Å². The van der Waals surface area contributed by atoms with Gasteiger partial charge in [0.2, 0.25) is 0 Å². The van der Waals surface area contributed by atoms with Crippen molar-refractivity contribution in [2.24, 2.45) is 5.73 Å². The molecule has 0 aromatic heterocycles. The molecule has 0 bridgehead atoms. The van der Waals surface area contributed by atoms with Gasteiger partial charge in [-0.2, -0.15) is 0 Å². The first-order valence-corrected chi connectivity index (χ1v) is 5.19. The molecule has 1 aromatic rings. The van der Waals surface area contributed by atoms with E-state index in [1.165, 1.54) is 11.1 Å². The summed E-state index contributed by atoms with van der Waals surface area (Å²) < 4.78 is 0. The molecular formula is C11H17ClN2. The number of rotatable bonds is 4. The molecule has 0 saturated carbocycles. The molecule has 0 fully saturated rings. The van der Waals surface area contributed by atoms with Crippen molar-refractivity contribution < 1.29 is 0 Å². The highest BCUT2D eigenvalue weighted by Crippen LogP contribution is 2.14. The summed E-state index contributed by atoms with van der Waals surface area (Å²) in [7, 11) is 0. The normalized spacial score (nSPS) is 12.9. The third kappa shape index (κ3) is 3.66. The van der Waals surface area contributed by atoms with E-state index >= 15 is 0 Å². The quantitative estimate of drug-likeness (QED) is 0.802. The lowest BCUT2D eigenvalue weighted by atomic mass is 10.1. The van der Waals surface area contributed by atoms with Gasteiger partial charge in [-0.3, -0.25) is 0 Å². The molecule has 2 nitrogen and oxygen atoms in total. The van der Waals surface area contributed by atoms with Crippen molar-refractivity contribution in [1.29, 1.82) is 0 Å². The zero-order chi connectivity index (χ0) is 10.6. The van der Waals surface area contributed by atoms with E-state index in [1.54, 1.807) is 0 Å². The molecule has 0 heterocycles. The van der Waals surface area contributed by atoms with Crippen LogP contribution in [-0.4, -0.2) is 12.6 Å². The van der Waals surface area contributed by atoms with Crippen LogP contribution in [0.2, 0.25) is 5.02 Å². The molecule has 0 spiro atoms. The van der Waals surface area contributed by atoms with Crippen molar-refractivity contribution in [3.05, 3.63) is 34.3 Å². The van der Waals surface area contributed by atoms with Gasteiger partial charge in [-0.05, 0) is 37.1 Å². The molecule has 1 rings (SSSR count). The SMILES string of the molecule is Cc1cc(Cl)cc(CN[C@H](C)CN)c1. The van der Waals surface area contributed by atoms with Gasteiger partial charge in [0, 0.05) is 24.2 Å². The van der Waals surface area contributed by atoms with Gasteiger partial charge in [0.15, 0.2) is 0 Å².